The van der Waals surface area contributed by atoms with Gasteiger partial charge in [0.15, 0.2) is 0 Å². The summed E-state index contributed by atoms with van der Waals surface area (Å²) in [4.78, 5) is 3.87. The van der Waals surface area contributed by atoms with Gasteiger partial charge in [-0.3, -0.25) is 4.90 Å². The van der Waals surface area contributed by atoms with Crippen LogP contribution in [0.5, 0.6) is 0 Å². The molecule has 1 aromatic carbocycles. The summed E-state index contributed by atoms with van der Waals surface area (Å²) in [5.74, 6) is 0. The molecule has 3 nitrogen and oxygen atoms in total. The van der Waals surface area contributed by atoms with E-state index in [4.69, 9.17) is 10.5 Å². The van der Waals surface area contributed by atoms with E-state index < -0.39 is 0 Å². The topological polar surface area (TPSA) is 38.5 Å². The standard InChI is InChI=1S/C17H22N2OS/c18-15-5-1-4-14(10-15)11-19(12-16-6-2-8-20-16)13-17-7-3-9-21-17/h1,3-5,7,9-10,16H,2,6,8,11-13,18H2. The summed E-state index contributed by atoms with van der Waals surface area (Å²) < 4.78 is 5.80. The Hall–Kier alpha value is -1.36. The predicted octanol–water partition coefficient (Wildman–Crippen LogP) is 3.51. The molecule has 2 N–H and O–H groups in total. The highest BCUT2D eigenvalue weighted by Gasteiger charge is 2.19. The summed E-state index contributed by atoms with van der Waals surface area (Å²) in [6.45, 7) is 3.80. The first-order valence-corrected chi connectivity index (χ1v) is 8.38. The van der Waals surface area contributed by atoms with Gasteiger partial charge in [-0.2, -0.15) is 0 Å². The molecule has 0 aliphatic carbocycles. The van der Waals surface area contributed by atoms with E-state index in [1.807, 2.05) is 23.5 Å². The molecule has 3 rings (SSSR count). The van der Waals surface area contributed by atoms with Crippen LogP contribution in [0.25, 0.3) is 0 Å². The molecular formula is C17H22N2OS. The molecule has 1 fully saturated rings. The van der Waals surface area contributed by atoms with Crippen molar-refractivity contribution in [3.8, 4) is 0 Å². The number of hydrogen-bond acceptors (Lipinski definition) is 4. The second kappa shape index (κ2) is 7.07. The number of benzene rings is 1. The molecule has 0 spiro atoms. The van der Waals surface area contributed by atoms with Crippen LogP contribution in [0, 0.1) is 0 Å². The number of rotatable bonds is 6. The van der Waals surface area contributed by atoms with Crippen LogP contribution in [-0.4, -0.2) is 24.2 Å². The van der Waals surface area contributed by atoms with Crippen LogP contribution in [-0.2, 0) is 17.8 Å². The molecule has 0 radical (unpaired) electrons. The first-order chi connectivity index (χ1) is 10.3. The molecule has 1 unspecified atom stereocenters. The maximum atomic E-state index is 5.89. The van der Waals surface area contributed by atoms with Gasteiger partial charge < -0.3 is 10.5 Å². The Morgan fingerprint density at radius 2 is 2.19 bits per heavy atom. The van der Waals surface area contributed by atoms with Crippen molar-refractivity contribution in [1.82, 2.24) is 4.90 Å². The Labute approximate surface area is 130 Å². The van der Waals surface area contributed by atoms with Crippen LogP contribution in [0.3, 0.4) is 0 Å². The molecular weight excluding hydrogens is 280 g/mol. The number of ether oxygens (including phenoxy) is 1. The van der Waals surface area contributed by atoms with Crippen LogP contribution in [0.2, 0.25) is 0 Å². The zero-order chi connectivity index (χ0) is 14.5. The number of nitrogen functional groups attached to an aromatic ring is 1. The lowest BCUT2D eigenvalue weighted by Crippen LogP contribution is -2.31. The summed E-state index contributed by atoms with van der Waals surface area (Å²) in [5.41, 5.74) is 7.99. The summed E-state index contributed by atoms with van der Waals surface area (Å²) in [7, 11) is 0. The van der Waals surface area contributed by atoms with Crippen molar-refractivity contribution >= 4 is 17.0 Å². The van der Waals surface area contributed by atoms with E-state index >= 15 is 0 Å². The van der Waals surface area contributed by atoms with E-state index in [1.165, 1.54) is 23.3 Å². The van der Waals surface area contributed by atoms with Gasteiger partial charge in [0.2, 0.25) is 0 Å². The van der Waals surface area contributed by atoms with Crippen molar-refractivity contribution in [3.63, 3.8) is 0 Å². The van der Waals surface area contributed by atoms with Crippen LogP contribution in [0.4, 0.5) is 5.69 Å². The lowest BCUT2D eigenvalue weighted by molar-refractivity contribution is 0.0682. The van der Waals surface area contributed by atoms with Crippen molar-refractivity contribution in [1.29, 1.82) is 0 Å². The fraction of sp³-hybridized carbons (Fsp3) is 0.412. The molecule has 1 saturated heterocycles. The molecule has 2 heterocycles. The number of nitrogens with zero attached hydrogens (tertiary/aromatic N) is 1. The highest BCUT2D eigenvalue weighted by atomic mass is 32.1. The lowest BCUT2D eigenvalue weighted by atomic mass is 10.1. The molecule has 1 atom stereocenters. The van der Waals surface area contributed by atoms with Crippen LogP contribution in [0.15, 0.2) is 41.8 Å². The zero-order valence-corrected chi connectivity index (χ0v) is 13.0. The van der Waals surface area contributed by atoms with Gasteiger partial charge in [0.1, 0.15) is 0 Å². The summed E-state index contributed by atoms with van der Waals surface area (Å²) >= 11 is 1.82. The maximum Gasteiger partial charge on any atom is 0.0703 e. The number of anilines is 1. The van der Waals surface area contributed by atoms with E-state index in [0.29, 0.717) is 6.10 Å². The fourth-order valence-electron chi connectivity index (χ4n) is 2.83. The average Bonchev–Trinajstić information content (AvgIpc) is 3.12. The summed E-state index contributed by atoms with van der Waals surface area (Å²) in [6.07, 6.45) is 2.75. The Morgan fingerprint density at radius 3 is 2.90 bits per heavy atom. The molecule has 112 valence electrons. The minimum absolute atomic E-state index is 0.381. The van der Waals surface area contributed by atoms with Gasteiger partial charge >= 0.3 is 0 Å². The smallest absolute Gasteiger partial charge is 0.0703 e. The molecule has 21 heavy (non-hydrogen) atoms. The van der Waals surface area contributed by atoms with E-state index in [2.05, 4.69) is 34.5 Å². The number of nitrogens with two attached hydrogens (primary N) is 1. The first kappa shape index (κ1) is 14.6. The molecule has 2 aromatic rings. The molecule has 0 amide bonds. The van der Waals surface area contributed by atoms with E-state index in [0.717, 1.165) is 31.9 Å². The third kappa shape index (κ3) is 4.30. The monoisotopic (exact) mass is 302 g/mol. The fourth-order valence-corrected chi connectivity index (χ4v) is 3.58. The predicted molar refractivity (Wildman–Crippen MR) is 88.3 cm³/mol. The molecule has 1 aromatic heterocycles. The maximum absolute atomic E-state index is 5.89. The molecule has 1 aliphatic heterocycles. The minimum atomic E-state index is 0.381. The number of thiophene rings is 1. The number of hydrogen-bond donors (Lipinski definition) is 1. The Kier molecular flexibility index (Phi) is 4.91. The Bertz CT molecular complexity index is 550. The van der Waals surface area contributed by atoms with Crippen molar-refractivity contribution in [3.05, 3.63) is 52.2 Å². The van der Waals surface area contributed by atoms with Gasteiger partial charge in [-0.15, -0.1) is 11.3 Å². The molecule has 0 bridgehead atoms. The second-order valence-electron chi connectivity index (χ2n) is 5.63. The first-order valence-electron chi connectivity index (χ1n) is 7.50. The van der Waals surface area contributed by atoms with Gasteiger partial charge in [0.05, 0.1) is 6.10 Å². The van der Waals surface area contributed by atoms with Crippen LogP contribution >= 0.6 is 11.3 Å². The van der Waals surface area contributed by atoms with Gasteiger partial charge in [-0.25, -0.2) is 0 Å². The van der Waals surface area contributed by atoms with Crippen molar-refractivity contribution in [2.75, 3.05) is 18.9 Å². The average molecular weight is 302 g/mol. The van der Waals surface area contributed by atoms with Gasteiger partial charge in [-0.05, 0) is 42.0 Å². The van der Waals surface area contributed by atoms with E-state index in [-0.39, 0.29) is 0 Å². The quantitative estimate of drug-likeness (QED) is 0.830. The van der Waals surface area contributed by atoms with Gasteiger partial charge in [0.25, 0.3) is 0 Å². The van der Waals surface area contributed by atoms with Gasteiger partial charge in [-0.1, -0.05) is 18.2 Å². The minimum Gasteiger partial charge on any atom is -0.399 e. The highest BCUT2D eigenvalue weighted by molar-refractivity contribution is 7.09. The largest absolute Gasteiger partial charge is 0.399 e. The van der Waals surface area contributed by atoms with Crippen molar-refractivity contribution in [2.45, 2.75) is 32.0 Å². The Balaban J connectivity index is 1.68. The van der Waals surface area contributed by atoms with Crippen LogP contribution in [0.1, 0.15) is 23.3 Å². The van der Waals surface area contributed by atoms with Crippen molar-refractivity contribution in [2.24, 2.45) is 0 Å². The van der Waals surface area contributed by atoms with E-state index in [1.54, 1.807) is 0 Å². The van der Waals surface area contributed by atoms with Crippen molar-refractivity contribution < 1.29 is 4.74 Å². The third-order valence-electron chi connectivity index (χ3n) is 3.80. The SMILES string of the molecule is Nc1cccc(CN(Cc2cccs2)CC2CCCO2)c1. The Morgan fingerprint density at radius 1 is 1.24 bits per heavy atom. The highest BCUT2D eigenvalue weighted by Crippen LogP contribution is 2.19. The molecule has 1 aliphatic rings. The van der Waals surface area contributed by atoms with Gasteiger partial charge in [0, 0.05) is 36.8 Å². The normalized spacial score (nSPS) is 18.4. The van der Waals surface area contributed by atoms with E-state index in [9.17, 15) is 0 Å². The molecule has 4 heteroatoms. The molecule has 0 saturated carbocycles. The zero-order valence-electron chi connectivity index (χ0n) is 12.2. The van der Waals surface area contributed by atoms with Crippen LogP contribution < -0.4 is 5.73 Å². The summed E-state index contributed by atoms with van der Waals surface area (Å²) in [5, 5.41) is 2.14. The summed E-state index contributed by atoms with van der Waals surface area (Å²) in [6, 6.07) is 12.5. The second-order valence-corrected chi connectivity index (χ2v) is 6.66. The lowest BCUT2D eigenvalue weighted by Gasteiger charge is -2.25. The third-order valence-corrected chi connectivity index (χ3v) is 4.66.